The van der Waals surface area contributed by atoms with Gasteiger partial charge in [0.15, 0.2) is 0 Å². The first-order valence-corrected chi connectivity index (χ1v) is 12.2. The minimum absolute atomic E-state index is 0.0536. The number of anilines is 2. The van der Waals surface area contributed by atoms with Crippen molar-refractivity contribution in [2.24, 2.45) is 0 Å². The van der Waals surface area contributed by atoms with Crippen molar-refractivity contribution in [1.82, 2.24) is 9.97 Å². The fraction of sp³-hybridized carbons (Fsp3) is 0.200. The van der Waals surface area contributed by atoms with Crippen molar-refractivity contribution in [2.75, 3.05) is 22.3 Å². The molecule has 0 unspecified atom stereocenters. The van der Waals surface area contributed by atoms with Gasteiger partial charge in [-0.05, 0) is 55.3 Å². The molecule has 1 aliphatic rings. The van der Waals surface area contributed by atoms with Crippen molar-refractivity contribution in [3.8, 4) is 6.07 Å². The fourth-order valence-corrected chi connectivity index (χ4v) is 5.33. The second kappa shape index (κ2) is 9.45. The van der Waals surface area contributed by atoms with E-state index in [-0.39, 0.29) is 17.3 Å². The molecule has 1 amide bonds. The Morgan fingerprint density at radius 2 is 1.88 bits per heavy atom. The monoisotopic (exact) mass is 473 g/mol. The lowest BCUT2D eigenvalue weighted by molar-refractivity contribution is -0.114. The highest BCUT2D eigenvalue weighted by atomic mass is 32.2. The lowest BCUT2D eigenvalue weighted by Gasteiger charge is -2.23. The predicted molar refractivity (Wildman–Crippen MR) is 129 cm³/mol. The number of nitriles is 1. The number of benzene rings is 1. The lowest BCUT2D eigenvalue weighted by Crippen LogP contribution is -2.31. The van der Waals surface area contributed by atoms with Crippen molar-refractivity contribution in [3.05, 3.63) is 89.4 Å². The van der Waals surface area contributed by atoms with Gasteiger partial charge in [0.25, 0.3) is 15.9 Å². The van der Waals surface area contributed by atoms with Crippen LogP contribution in [0.25, 0.3) is 0 Å². The molecule has 9 heteroatoms. The maximum atomic E-state index is 13.2. The second-order valence-electron chi connectivity index (χ2n) is 7.88. The van der Waals surface area contributed by atoms with Crippen molar-refractivity contribution in [3.63, 3.8) is 0 Å². The third-order valence-electron chi connectivity index (χ3n) is 5.64. The quantitative estimate of drug-likeness (QED) is 0.520. The summed E-state index contributed by atoms with van der Waals surface area (Å²) in [7, 11) is -3.80. The number of rotatable bonds is 7. The molecule has 0 saturated carbocycles. The van der Waals surface area contributed by atoms with E-state index in [1.54, 1.807) is 49.5 Å². The molecule has 3 aromatic rings. The minimum Gasteiger partial charge on any atom is -0.289 e. The number of aromatic nitrogens is 2. The van der Waals surface area contributed by atoms with E-state index in [0.29, 0.717) is 35.6 Å². The summed E-state index contributed by atoms with van der Waals surface area (Å²) in [6.45, 7) is 4.29. The normalized spacial score (nSPS) is 13.8. The Balaban J connectivity index is 1.54. The van der Waals surface area contributed by atoms with Crippen LogP contribution in [0.3, 0.4) is 0 Å². The van der Waals surface area contributed by atoms with Crippen LogP contribution >= 0.6 is 0 Å². The van der Waals surface area contributed by atoms with Crippen molar-refractivity contribution < 1.29 is 13.2 Å². The van der Waals surface area contributed by atoms with Gasteiger partial charge >= 0.3 is 0 Å². The molecule has 1 aliphatic heterocycles. The van der Waals surface area contributed by atoms with Crippen LogP contribution in [-0.4, -0.2) is 37.4 Å². The Labute approximate surface area is 198 Å². The maximum Gasteiger partial charge on any atom is 0.265 e. The molecule has 0 aliphatic carbocycles. The SMILES string of the molecule is CCN(c1ccccc1)S(=O)(=O)c1ccc(N2CC(C)=C(Cc3cncc(C#N)c3)C2=O)nc1. The molecule has 0 fully saturated rings. The largest absolute Gasteiger partial charge is 0.289 e. The van der Waals surface area contributed by atoms with Gasteiger partial charge < -0.3 is 0 Å². The molecule has 1 aromatic carbocycles. The number of pyridine rings is 2. The number of sulfonamides is 1. The molecule has 0 bridgehead atoms. The zero-order valence-electron chi connectivity index (χ0n) is 18.8. The van der Waals surface area contributed by atoms with Crippen LogP contribution in [0.1, 0.15) is 25.0 Å². The predicted octanol–water partition coefficient (Wildman–Crippen LogP) is 3.47. The number of carbonyl (C=O) groups excluding carboxylic acids is 1. The zero-order valence-corrected chi connectivity index (χ0v) is 19.7. The molecule has 4 rings (SSSR count). The van der Waals surface area contributed by atoms with E-state index in [2.05, 4.69) is 16.0 Å². The summed E-state index contributed by atoms with van der Waals surface area (Å²) in [5, 5.41) is 9.08. The molecule has 0 saturated heterocycles. The van der Waals surface area contributed by atoms with Crippen LogP contribution in [0.5, 0.6) is 0 Å². The molecule has 8 nitrogen and oxygen atoms in total. The standard InChI is InChI=1S/C25H23N5O3S/c1-3-30(21-7-5-4-6-8-21)34(32,33)22-9-10-24(28-16-22)29-17-18(2)23(25(29)31)12-19-11-20(13-26)15-27-14-19/h4-11,14-16H,3,12,17H2,1-2H3. The summed E-state index contributed by atoms with van der Waals surface area (Å²) in [6.07, 6.45) is 4.77. The van der Waals surface area contributed by atoms with E-state index in [4.69, 9.17) is 5.26 Å². The number of nitrogens with zero attached hydrogens (tertiary/aromatic N) is 5. The first-order chi connectivity index (χ1) is 16.3. The highest BCUT2D eigenvalue weighted by Crippen LogP contribution is 2.28. The van der Waals surface area contributed by atoms with Crippen LogP contribution in [0, 0.1) is 11.3 Å². The molecular formula is C25H23N5O3S. The summed E-state index contributed by atoms with van der Waals surface area (Å²) in [5.41, 5.74) is 3.30. The van der Waals surface area contributed by atoms with Gasteiger partial charge in [-0.3, -0.25) is 19.0 Å². The van der Waals surface area contributed by atoms with Gasteiger partial charge in [0.2, 0.25) is 0 Å². The first kappa shape index (κ1) is 23.1. The highest BCUT2D eigenvalue weighted by molar-refractivity contribution is 7.92. The zero-order chi connectivity index (χ0) is 24.3. The molecule has 172 valence electrons. The number of amides is 1. The topological polar surface area (TPSA) is 107 Å². The average Bonchev–Trinajstić information content (AvgIpc) is 3.13. The van der Waals surface area contributed by atoms with Crippen LogP contribution in [0.15, 0.2) is 83.2 Å². The maximum absolute atomic E-state index is 13.2. The van der Waals surface area contributed by atoms with E-state index >= 15 is 0 Å². The van der Waals surface area contributed by atoms with E-state index < -0.39 is 10.0 Å². The van der Waals surface area contributed by atoms with Gasteiger partial charge in [0.05, 0.1) is 11.3 Å². The molecule has 34 heavy (non-hydrogen) atoms. The van der Waals surface area contributed by atoms with Gasteiger partial charge in [-0.25, -0.2) is 13.4 Å². The summed E-state index contributed by atoms with van der Waals surface area (Å²) in [5.74, 6) is 0.187. The van der Waals surface area contributed by atoms with Gasteiger partial charge in [0.1, 0.15) is 16.8 Å². The van der Waals surface area contributed by atoms with Crippen LogP contribution < -0.4 is 9.21 Å². The lowest BCUT2D eigenvalue weighted by atomic mass is 10.0. The van der Waals surface area contributed by atoms with Crippen molar-refractivity contribution in [2.45, 2.75) is 25.2 Å². The highest BCUT2D eigenvalue weighted by Gasteiger charge is 2.31. The molecular weight excluding hydrogens is 450 g/mol. The van der Waals surface area contributed by atoms with E-state index in [9.17, 15) is 13.2 Å². The van der Waals surface area contributed by atoms with Crippen molar-refractivity contribution in [1.29, 1.82) is 5.26 Å². The van der Waals surface area contributed by atoms with Gasteiger partial charge in [-0.15, -0.1) is 0 Å². The van der Waals surface area contributed by atoms with Gasteiger partial charge in [-0.1, -0.05) is 18.2 Å². The Bertz CT molecular complexity index is 1390. The first-order valence-electron chi connectivity index (χ1n) is 10.7. The fourth-order valence-electron chi connectivity index (χ4n) is 3.91. The molecule has 0 N–H and O–H groups in total. The number of hydrogen-bond acceptors (Lipinski definition) is 6. The molecule has 0 atom stereocenters. The molecule has 3 heterocycles. The Morgan fingerprint density at radius 1 is 1.12 bits per heavy atom. The minimum atomic E-state index is -3.80. The Kier molecular flexibility index (Phi) is 6.43. The smallest absolute Gasteiger partial charge is 0.265 e. The molecule has 2 aromatic heterocycles. The Morgan fingerprint density at radius 3 is 2.53 bits per heavy atom. The van der Waals surface area contributed by atoms with Crippen LogP contribution in [0.4, 0.5) is 11.5 Å². The van der Waals surface area contributed by atoms with Crippen molar-refractivity contribution >= 4 is 27.4 Å². The number of carbonyl (C=O) groups is 1. The van der Waals surface area contributed by atoms with E-state index in [1.165, 1.54) is 27.7 Å². The van der Waals surface area contributed by atoms with Crippen LogP contribution in [-0.2, 0) is 21.2 Å². The summed E-state index contributed by atoms with van der Waals surface area (Å²) < 4.78 is 27.7. The van der Waals surface area contributed by atoms with Crippen LogP contribution in [0.2, 0.25) is 0 Å². The second-order valence-corrected chi connectivity index (χ2v) is 9.74. The van der Waals surface area contributed by atoms with Gasteiger partial charge in [-0.2, -0.15) is 5.26 Å². The number of para-hydroxylation sites is 1. The van der Waals surface area contributed by atoms with E-state index in [1.807, 2.05) is 13.0 Å². The third-order valence-corrected chi connectivity index (χ3v) is 7.52. The van der Waals surface area contributed by atoms with E-state index in [0.717, 1.165) is 11.1 Å². The Hall–Kier alpha value is -4.03. The van der Waals surface area contributed by atoms with Gasteiger partial charge in [0, 0.05) is 43.7 Å². The summed E-state index contributed by atoms with van der Waals surface area (Å²) in [4.78, 5) is 23.1. The summed E-state index contributed by atoms with van der Waals surface area (Å²) in [6, 6.07) is 15.7. The average molecular weight is 474 g/mol. The third kappa shape index (κ3) is 4.40. The summed E-state index contributed by atoms with van der Waals surface area (Å²) >= 11 is 0. The molecule has 0 spiro atoms. The number of hydrogen-bond donors (Lipinski definition) is 0. The molecule has 0 radical (unpaired) electrons.